The van der Waals surface area contributed by atoms with E-state index in [9.17, 15) is 0 Å². The van der Waals surface area contributed by atoms with Crippen molar-refractivity contribution >= 4 is 0 Å². The van der Waals surface area contributed by atoms with Gasteiger partial charge in [-0.1, -0.05) is 36.3 Å². The van der Waals surface area contributed by atoms with Crippen LogP contribution in [0.5, 0.6) is 0 Å². The molecular formula is C18H23N3O. The fourth-order valence-electron chi connectivity index (χ4n) is 3.33. The Labute approximate surface area is 131 Å². The molecule has 1 aromatic carbocycles. The number of aryl methyl sites for hydroxylation is 1. The van der Waals surface area contributed by atoms with E-state index in [0.29, 0.717) is 17.8 Å². The summed E-state index contributed by atoms with van der Waals surface area (Å²) in [5.74, 6) is 3.17. The van der Waals surface area contributed by atoms with Gasteiger partial charge in [-0.2, -0.15) is 4.98 Å². The van der Waals surface area contributed by atoms with Gasteiger partial charge in [0.25, 0.3) is 0 Å². The molecule has 4 rings (SSSR count). The lowest BCUT2D eigenvalue weighted by atomic mass is 9.85. The Morgan fingerprint density at radius 2 is 1.86 bits per heavy atom. The highest BCUT2D eigenvalue weighted by Gasteiger charge is 2.32. The number of piperidine rings is 1. The summed E-state index contributed by atoms with van der Waals surface area (Å²) in [6, 6.07) is 9.04. The predicted octanol–water partition coefficient (Wildman–Crippen LogP) is 3.37. The van der Waals surface area contributed by atoms with Gasteiger partial charge in [0.05, 0.1) is 5.92 Å². The van der Waals surface area contributed by atoms with E-state index in [2.05, 4.69) is 46.6 Å². The van der Waals surface area contributed by atoms with Crippen LogP contribution in [0.4, 0.5) is 0 Å². The van der Waals surface area contributed by atoms with Gasteiger partial charge < -0.3 is 9.84 Å². The van der Waals surface area contributed by atoms with Crippen molar-refractivity contribution in [1.29, 1.82) is 0 Å². The third-order valence-electron chi connectivity index (χ3n) is 4.96. The van der Waals surface area contributed by atoms with E-state index in [0.717, 1.165) is 37.6 Å². The molecule has 2 fully saturated rings. The van der Waals surface area contributed by atoms with Crippen LogP contribution in [0, 0.1) is 0 Å². The Kier molecular flexibility index (Phi) is 3.70. The lowest BCUT2D eigenvalue weighted by Gasteiger charge is -2.28. The second-order valence-electron chi connectivity index (χ2n) is 6.65. The highest BCUT2D eigenvalue weighted by Crippen LogP contribution is 2.39. The standard InChI is InChI=1S/C18H23N3O/c1-2-12-3-5-13(6-4-12)15-9-16(11-19-10-15)18-20-17(21-22-18)14-7-8-14/h3-6,14-16,19H,2,7-11H2,1H3. The molecule has 1 aliphatic carbocycles. The van der Waals surface area contributed by atoms with Crippen LogP contribution in [0.15, 0.2) is 28.8 Å². The van der Waals surface area contributed by atoms with Crippen molar-refractivity contribution in [2.24, 2.45) is 0 Å². The second kappa shape index (κ2) is 5.84. The van der Waals surface area contributed by atoms with Gasteiger partial charge in [-0.25, -0.2) is 0 Å². The number of nitrogens with zero attached hydrogens (tertiary/aromatic N) is 2. The molecule has 0 spiro atoms. The number of nitrogens with one attached hydrogen (secondary N) is 1. The summed E-state index contributed by atoms with van der Waals surface area (Å²) in [6.45, 7) is 4.17. The molecule has 4 nitrogen and oxygen atoms in total. The molecule has 1 aliphatic heterocycles. The predicted molar refractivity (Wildman–Crippen MR) is 85.1 cm³/mol. The average Bonchev–Trinajstić information content (AvgIpc) is 3.32. The van der Waals surface area contributed by atoms with Crippen LogP contribution >= 0.6 is 0 Å². The normalized spacial score (nSPS) is 25.3. The minimum atomic E-state index is 0.338. The van der Waals surface area contributed by atoms with Gasteiger partial charge in [-0.3, -0.25) is 0 Å². The van der Waals surface area contributed by atoms with Crippen LogP contribution in [-0.4, -0.2) is 23.2 Å². The maximum Gasteiger partial charge on any atom is 0.231 e. The van der Waals surface area contributed by atoms with E-state index in [1.54, 1.807) is 0 Å². The van der Waals surface area contributed by atoms with Gasteiger partial charge in [-0.05, 0) is 42.7 Å². The summed E-state index contributed by atoms with van der Waals surface area (Å²) in [5, 5.41) is 7.70. The number of hydrogen-bond acceptors (Lipinski definition) is 4. The molecule has 116 valence electrons. The molecule has 0 amide bonds. The molecule has 0 bridgehead atoms. The van der Waals surface area contributed by atoms with Crippen molar-refractivity contribution in [1.82, 2.24) is 15.5 Å². The number of aromatic nitrogens is 2. The molecule has 4 heteroatoms. The third-order valence-corrected chi connectivity index (χ3v) is 4.96. The van der Waals surface area contributed by atoms with Gasteiger partial charge in [-0.15, -0.1) is 0 Å². The molecule has 1 N–H and O–H groups in total. The van der Waals surface area contributed by atoms with E-state index in [4.69, 9.17) is 4.52 Å². The van der Waals surface area contributed by atoms with Crippen molar-refractivity contribution < 1.29 is 4.52 Å². The van der Waals surface area contributed by atoms with E-state index in [1.807, 2.05) is 0 Å². The summed E-state index contributed by atoms with van der Waals surface area (Å²) < 4.78 is 5.53. The van der Waals surface area contributed by atoms with E-state index in [1.165, 1.54) is 24.0 Å². The second-order valence-corrected chi connectivity index (χ2v) is 6.65. The molecule has 1 saturated heterocycles. The Morgan fingerprint density at radius 1 is 1.09 bits per heavy atom. The zero-order chi connectivity index (χ0) is 14.9. The van der Waals surface area contributed by atoms with Crippen LogP contribution in [0.1, 0.15) is 66.8 Å². The molecule has 2 unspecified atom stereocenters. The monoisotopic (exact) mass is 297 g/mol. The molecule has 22 heavy (non-hydrogen) atoms. The highest BCUT2D eigenvalue weighted by atomic mass is 16.5. The zero-order valence-corrected chi connectivity index (χ0v) is 13.1. The summed E-state index contributed by atoms with van der Waals surface area (Å²) in [6.07, 6.45) is 4.62. The van der Waals surface area contributed by atoms with Crippen LogP contribution < -0.4 is 5.32 Å². The molecule has 2 atom stereocenters. The van der Waals surface area contributed by atoms with Crippen LogP contribution in [0.25, 0.3) is 0 Å². The summed E-state index contributed by atoms with van der Waals surface area (Å²) in [5.41, 5.74) is 2.81. The van der Waals surface area contributed by atoms with E-state index >= 15 is 0 Å². The largest absolute Gasteiger partial charge is 0.339 e. The Balaban J connectivity index is 1.48. The van der Waals surface area contributed by atoms with Crippen molar-refractivity contribution in [3.8, 4) is 0 Å². The summed E-state index contributed by atoms with van der Waals surface area (Å²) >= 11 is 0. The van der Waals surface area contributed by atoms with Gasteiger partial charge in [0.1, 0.15) is 0 Å². The topological polar surface area (TPSA) is 51.0 Å². The fourth-order valence-corrected chi connectivity index (χ4v) is 3.33. The average molecular weight is 297 g/mol. The molecule has 0 radical (unpaired) electrons. The van der Waals surface area contributed by atoms with Crippen LogP contribution in [0.2, 0.25) is 0 Å². The first-order valence-electron chi connectivity index (χ1n) is 8.46. The quantitative estimate of drug-likeness (QED) is 0.940. The lowest BCUT2D eigenvalue weighted by molar-refractivity contribution is 0.307. The first-order chi connectivity index (χ1) is 10.8. The van der Waals surface area contributed by atoms with Crippen molar-refractivity contribution in [2.45, 2.75) is 50.4 Å². The minimum absolute atomic E-state index is 0.338. The van der Waals surface area contributed by atoms with E-state index < -0.39 is 0 Å². The van der Waals surface area contributed by atoms with Gasteiger partial charge >= 0.3 is 0 Å². The van der Waals surface area contributed by atoms with E-state index in [-0.39, 0.29) is 0 Å². The lowest BCUT2D eigenvalue weighted by Crippen LogP contribution is -2.34. The fraction of sp³-hybridized carbons (Fsp3) is 0.556. The maximum absolute atomic E-state index is 5.53. The molecular weight excluding hydrogens is 274 g/mol. The van der Waals surface area contributed by atoms with Crippen molar-refractivity contribution in [3.63, 3.8) is 0 Å². The SMILES string of the molecule is CCc1ccc(C2CNCC(c3nc(C4CC4)no3)C2)cc1. The van der Waals surface area contributed by atoms with Gasteiger partial charge in [0, 0.05) is 19.0 Å². The maximum atomic E-state index is 5.53. The van der Waals surface area contributed by atoms with Crippen molar-refractivity contribution in [2.75, 3.05) is 13.1 Å². The molecule has 2 aliphatic rings. The number of hydrogen-bond donors (Lipinski definition) is 1. The molecule has 1 saturated carbocycles. The molecule has 2 heterocycles. The Morgan fingerprint density at radius 3 is 2.59 bits per heavy atom. The minimum Gasteiger partial charge on any atom is -0.339 e. The van der Waals surface area contributed by atoms with Crippen molar-refractivity contribution in [3.05, 3.63) is 47.1 Å². The highest BCUT2D eigenvalue weighted by molar-refractivity contribution is 5.26. The van der Waals surface area contributed by atoms with Crippen LogP contribution in [0.3, 0.4) is 0 Å². The Bertz CT molecular complexity index is 630. The Hall–Kier alpha value is -1.68. The first-order valence-corrected chi connectivity index (χ1v) is 8.46. The third kappa shape index (κ3) is 2.80. The number of benzene rings is 1. The van der Waals surface area contributed by atoms with Crippen LogP contribution in [-0.2, 0) is 6.42 Å². The van der Waals surface area contributed by atoms with Gasteiger partial charge in [0.2, 0.25) is 5.89 Å². The zero-order valence-electron chi connectivity index (χ0n) is 13.1. The smallest absolute Gasteiger partial charge is 0.231 e. The van der Waals surface area contributed by atoms with Gasteiger partial charge in [0.15, 0.2) is 5.82 Å². The summed E-state index contributed by atoms with van der Waals surface area (Å²) in [7, 11) is 0. The number of rotatable bonds is 4. The molecule has 2 aromatic rings. The molecule has 1 aromatic heterocycles. The summed E-state index contributed by atoms with van der Waals surface area (Å²) in [4.78, 5) is 4.63. The first kappa shape index (κ1) is 13.9.